The molecule has 0 unspecified atom stereocenters. The summed E-state index contributed by atoms with van der Waals surface area (Å²) in [4.78, 5) is 17.5. The first-order valence-corrected chi connectivity index (χ1v) is 8.22. The molecule has 1 aromatic carbocycles. The van der Waals surface area contributed by atoms with Crippen molar-refractivity contribution in [2.24, 2.45) is 10.9 Å². The van der Waals surface area contributed by atoms with E-state index in [-0.39, 0.29) is 10.6 Å². The first-order chi connectivity index (χ1) is 10.7. The highest BCUT2D eigenvalue weighted by Gasteiger charge is 2.32. The van der Waals surface area contributed by atoms with Crippen LogP contribution in [0.25, 0.3) is 0 Å². The molecule has 3 rings (SSSR count). The second kappa shape index (κ2) is 7.01. The fourth-order valence-corrected chi connectivity index (χ4v) is 3.77. The minimum Gasteiger partial charge on any atom is -0.300 e. The van der Waals surface area contributed by atoms with Crippen LogP contribution in [0.5, 0.6) is 0 Å². The van der Waals surface area contributed by atoms with E-state index in [1.807, 2.05) is 6.21 Å². The Hall–Kier alpha value is -1.75. The van der Waals surface area contributed by atoms with Crippen molar-refractivity contribution >= 4 is 11.9 Å². The number of hydrogen-bond donors (Lipinski definition) is 0. The Bertz CT molecular complexity index is 539. The minimum atomic E-state index is -0.374. The second-order valence-electron chi connectivity index (χ2n) is 6.34. The Balaban J connectivity index is 1.57. The third kappa shape index (κ3) is 3.53. The summed E-state index contributed by atoms with van der Waals surface area (Å²) in [5.41, 5.74) is 1.06. The Labute approximate surface area is 131 Å². The second-order valence-corrected chi connectivity index (χ2v) is 6.34. The number of aliphatic imine (C=N–C) groups is 1. The first-order valence-electron chi connectivity index (χ1n) is 8.22. The molecule has 0 amide bonds. The Morgan fingerprint density at radius 2 is 1.95 bits per heavy atom. The summed E-state index contributed by atoms with van der Waals surface area (Å²) >= 11 is 0. The van der Waals surface area contributed by atoms with Crippen LogP contribution < -0.4 is 0 Å². The number of non-ortho nitro benzene ring substituents is 1. The van der Waals surface area contributed by atoms with Crippen molar-refractivity contribution in [1.29, 1.82) is 0 Å². The van der Waals surface area contributed by atoms with Crippen LogP contribution in [0.4, 0.5) is 5.69 Å². The fraction of sp³-hybridized carbons (Fsp3) is 0.588. The third-order valence-corrected chi connectivity index (χ3v) is 4.91. The van der Waals surface area contributed by atoms with Crippen molar-refractivity contribution in [3.8, 4) is 0 Å². The average molecular weight is 301 g/mol. The summed E-state index contributed by atoms with van der Waals surface area (Å²) in [5, 5.41) is 10.6. The standard InChI is InChI=1S/C17H23N3O2/c21-20(22)16-8-6-14(7-9-16)12-18-13-15-4-3-11-19-10-2-1-5-17(15)19/h6-9,12,15,17H,1-5,10-11,13H2/t15-,17-/m0/s1. The molecule has 22 heavy (non-hydrogen) atoms. The number of piperidine rings is 2. The highest BCUT2D eigenvalue weighted by atomic mass is 16.6. The van der Waals surface area contributed by atoms with Crippen molar-refractivity contribution in [2.75, 3.05) is 19.6 Å². The van der Waals surface area contributed by atoms with E-state index >= 15 is 0 Å². The summed E-state index contributed by atoms with van der Waals surface area (Å²) in [6.07, 6.45) is 8.43. The zero-order valence-electron chi connectivity index (χ0n) is 12.9. The molecule has 0 radical (unpaired) electrons. The smallest absolute Gasteiger partial charge is 0.269 e. The van der Waals surface area contributed by atoms with Gasteiger partial charge in [-0.15, -0.1) is 0 Å². The van der Waals surface area contributed by atoms with E-state index in [4.69, 9.17) is 0 Å². The van der Waals surface area contributed by atoms with Gasteiger partial charge in [-0.2, -0.15) is 0 Å². The lowest BCUT2D eigenvalue weighted by atomic mass is 9.83. The van der Waals surface area contributed by atoms with E-state index in [9.17, 15) is 10.1 Å². The third-order valence-electron chi connectivity index (χ3n) is 4.91. The Kier molecular flexibility index (Phi) is 4.83. The monoisotopic (exact) mass is 301 g/mol. The van der Waals surface area contributed by atoms with Gasteiger partial charge in [0.05, 0.1) is 4.92 Å². The van der Waals surface area contributed by atoms with Crippen LogP contribution in [0.2, 0.25) is 0 Å². The van der Waals surface area contributed by atoms with Crippen LogP contribution in [-0.4, -0.2) is 41.7 Å². The van der Waals surface area contributed by atoms with Crippen LogP contribution >= 0.6 is 0 Å². The zero-order chi connectivity index (χ0) is 15.4. The number of fused-ring (bicyclic) bond motifs is 1. The number of rotatable bonds is 4. The highest BCUT2D eigenvalue weighted by molar-refractivity contribution is 5.79. The molecule has 2 heterocycles. The van der Waals surface area contributed by atoms with Crippen LogP contribution in [0.3, 0.4) is 0 Å². The normalized spacial score (nSPS) is 26.0. The lowest BCUT2D eigenvalue weighted by Crippen LogP contribution is -2.48. The zero-order valence-corrected chi connectivity index (χ0v) is 12.9. The molecule has 5 heteroatoms. The van der Waals surface area contributed by atoms with Crippen LogP contribution in [0, 0.1) is 16.0 Å². The van der Waals surface area contributed by atoms with E-state index in [1.165, 1.54) is 57.3 Å². The number of benzene rings is 1. The number of nitro benzene ring substituents is 1. The summed E-state index contributed by atoms with van der Waals surface area (Å²) in [6.45, 7) is 3.39. The van der Waals surface area contributed by atoms with Gasteiger partial charge >= 0.3 is 0 Å². The molecule has 0 aliphatic carbocycles. The van der Waals surface area contributed by atoms with Gasteiger partial charge in [-0.1, -0.05) is 6.42 Å². The molecule has 5 nitrogen and oxygen atoms in total. The van der Waals surface area contributed by atoms with E-state index in [1.54, 1.807) is 12.1 Å². The molecular formula is C17H23N3O2. The predicted octanol–water partition coefficient (Wildman–Crippen LogP) is 3.28. The quantitative estimate of drug-likeness (QED) is 0.487. The van der Waals surface area contributed by atoms with Gasteiger partial charge in [-0.25, -0.2) is 0 Å². The van der Waals surface area contributed by atoms with Gasteiger partial charge in [0.15, 0.2) is 0 Å². The maximum Gasteiger partial charge on any atom is 0.269 e. The Morgan fingerprint density at radius 3 is 2.73 bits per heavy atom. The van der Waals surface area contributed by atoms with E-state index < -0.39 is 0 Å². The van der Waals surface area contributed by atoms with Gasteiger partial charge in [0.25, 0.3) is 5.69 Å². The molecule has 0 spiro atoms. The van der Waals surface area contributed by atoms with Crippen LogP contribution in [0.1, 0.15) is 37.7 Å². The van der Waals surface area contributed by atoms with Crippen molar-refractivity contribution < 1.29 is 4.92 Å². The SMILES string of the molecule is O=[N+]([O-])c1ccc(C=NC[C@@H]2CCCN3CCCC[C@@H]23)cc1. The van der Waals surface area contributed by atoms with E-state index in [2.05, 4.69) is 9.89 Å². The summed E-state index contributed by atoms with van der Waals surface area (Å²) in [6, 6.07) is 7.30. The summed E-state index contributed by atoms with van der Waals surface area (Å²) < 4.78 is 0. The largest absolute Gasteiger partial charge is 0.300 e. The lowest BCUT2D eigenvalue weighted by molar-refractivity contribution is -0.384. The Morgan fingerprint density at radius 1 is 1.18 bits per heavy atom. The molecule has 0 saturated carbocycles. The predicted molar refractivity (Wildman–Crippen MR) is 87.5 cm³/mol. The number of nitro groups is 1. The first kappa shape index (κ1) is 15.2. The molecule has 2 aliphatic heterocycles. The van der Waals surface area contributed by atoms with Crippen LogP contribution in [0.15, 0.2) is 29.3 Å². The van der Waals surface area contributed by atoms with Crippen LogP contribution in [-0.2, 0) is 0 Å². The molecule has 1 aromatic rings. The molecule has 2 fully saturated rings. The maximum atomic E-state index is 10.6. The van der Waals surface area contributed by atoms with Gasteiger partial charge in [0, 0.05) is 30.9 Å². The number of hydrogen-bond acceptors (Lipinski definition) is 4. The fourth-order valence-electron chi connectivity index (χ4n) is 3.77. The molecular weight excluding hydrogens is 278 g/mol. The maximum absolute atomic E-state index is 10.6. The van der Waals surface area contributed by atoms with Crippen molar-refractivity contribution in [2.45, 2.75) is 38.1 Å². The van der Waals surface area contributed by atoms with E-state index in [0.29, 0.717) is 5.92 Å². The average Bonchev–Trinajstić information content (AvgIpc) is 2.55. The van der Waals surface area contributed by atoms with E-state index in [0.717, 1.165) is 18.2 Å². The van der Waals surface area contributed by atoms with Gasteiger partial charge in [-0.05, 0) is 62.4 Å². The molecule has 0 bridgehead atoms. The van der Waals surface area contributed by atoms with Gasteiger partial charge in [-0.3, -0.25) is 15.1 Å². The van der Waals surface area contributed by atoms with Crippen molar-refractivity contribution in [3.05, 3.63) is 39.9 Å². The summed E-state index contributed by atoms with van der Waals surface area (Å²) in [5.74, 6) is 0.670. The molecule has 2 saturated heterocycles. The van der Waals surface area contributed by atoms with Crippen molar-refractivity contribution in [1.82, 2.24) is 4.90 Å². The summed E-state index contributed by atoms with van der Waals surface area (Å²) in [7, 11) is 0. The van der Waals surface area contributed by atoms with Gasteiger partial charge < -0.3 is 4.90 Å². The van der Waals surface area contributed by atoms with Crippen molar-refractivity contribution in [3.63, 3.8) is 0 Å². The van der Waals surface area contributed by atoms with Gasteiger partial charge in [0.1, 0.15) is 0 Å². The molecule has 2 atom stereocenters. The minimum absolute atomic E-state index is 0.127. The topological polar surface area (TPSA) is 58.7 Å². The molecule has 0 N–H and O–H groups in total. The molecule has 0 aromatic heterocycles. The number of nitrogens with zero attached hydrogens (tertiary/aromatic N) is 3. The molecule has 2 aliphatic rings. The van der Waals surface area contributed by atoms with Gasteiger partial charge in [0.2, 0.25) is 0 Å². The lowest BCUT2D eigenvalue weighted by Gasteiger charge is -2.43. The molecule has 118 valence electrons. The highest BCUT2D eigenvalue weighted by Crippen LogP contribution is 2.30.